The Bertz CT molecular complexity index is 812. The van der Waals surface area contributed by atoms with Crippen molar-refractivity contribution in [1.29, 1.82) is 0 Å². The predicted molar refractivity (Wildman–Crippen MR) is 86.8 cm³/mol. The maximum atomic E-state index is 5.65. The largest absolute Gasteiger partial charge is 0.441 e. The van der Waals surface area contributed by atoms with Crippen LogP contribution in [0.15, 0.2) is 64.5 Å². The van der Waals surface area contributed by atoms with Crippen LogP contribution in [-0.2, 0) is 11.4 Å². The number of rotatable bonds is 5. The summed E-state index contributed by atoms with van der Waals surface area (Å²) in [6.45, 7) is 2.07. The molecule has 0 atom stereocenters. The summed E-state index contributed by atoms with van der Waals surface area (Å²) in [6, 6.07) is 15.0. The minimum atomic E-state index is 0.217. The lowest BCUT2D eigenvalue weighted by Gasteiger charge is -2.05. The number of benzene rings is 1. The standard InChI is InChI=1S/C17H16N4O2/c1-12-17(22-11-19-12)16(13-6-3-2-4-7-13)21-23-10-14-8-5-9-15(18)20-14/h2-9,11H,10H2,1H3,(H2,18,20)/b21-16-. The molecule has 23 heavy (non-hydrogen) atoms. The van der Waals surface area contributed by atoms with Crippen molar-refractivity contribution in [3.05, 3.63) is 77.6 Å². The summed E-state index contributed by atoms with van der Waals surface area (Å²) >= 11 is 0. The molecule has 0 saturated carbocycles. The Labute approximate surface area is 133 Å². The van der Waals surface area contributed by atoms with Gasteiger partial charge in [-0.2, -0.15) is 0 Å². The zero-order valence-corrected chi connectivity index (χ0v) is 12.6. The first-order valence-corrected chi connectivity index (χ1v) is 7.11. The van der Waals surface area contributed by atoms with Gasteiger partial charge in [0.1, 0.15) is 5.82 Å². The van der Waals surface area contributed by atoms with Crippen LogP contribution in [0.3, 0.4) is 0 Å². The minimum absolute atomic E-state index is 0.217. The molecule has 2 aromatic heterocycles. The highest BCUT2D eigenvalue weighted by Crippen LogP contribution is 2.15. The highest BCUT2D eigenvalue weighted by molar-refractivity contribution is 6.11. The maximum absolute atomic E-state index is 5.65. The summed E-state index contributed by atoms with van der Waals surface area (Å²) in [6.07, 6.45) is 1.39. The molecule has 116 valence electrons. The molecule has 6 nitrogen and oxygen atoms in total. The summed E-state index contributed by atoms with van der Waals surface area (Å²) in [5.74, 6) is 1.03. The van der Waals surface area contributed by atoms with E-state index in [0.717, 1.165) is 11.3 Å². The molecule has 2 N–H and O–H groups in total. The molecule has 0 aliphatic heterocycles. The number of hydrogen-bond acceptors (Lipinski definition) is 6. The fraction of sp³-hybridized carbons (Fsp3) is 0.118. The van der Waals surface area contributed by atoms with Crippen molar-refractivity contribution >= 4 is 11.5 Å². The zero-order valence-electron chi connectivity index (χ0n) is 12.6. The molecule has 6 heteroatoms. The van der Waals surface area contributed by atoms with Gasteiger partial charge in [0.2, 0.25) is 0 Å². The fourth-order valence-electron chi connectivity index (χ4n) is 2.09. The van der Waals surface area contributed by atoms with Crippen molar-refractivity contribution < 1.29 is 9.25 Å². The van der Waals surface area contributed by atoms with E-state index in [1.807, 2.05) is 49.4 Å². The van der Waals surface area contributed by atoms with E-state index in [1.54, 1.807) is 6.07 Å². The van der Waals surface area contributed by atoms with Crippen LogP contribution in [0.5, 0.6) is 0 Å². The highest BCUT2D eigenvalue weighted by Gasteiger charge is 2.15. The summed E-state index contributed by atoms with van der Waals surface area (Å²) in [5.41, 5.74) is 8.57. The number of aromatic nitrogens is 2. The molecule has 0 radical (unpaired) electrons. The van der Waals surface area contributed by atoms with Crippen LogP contribution in [0.2, 0.25) is 0 Å². The molecule has 0 aliphatic carbocycles. The van der Waals surface area contributed by atoms with Crippen LogP contribution < -0.4 is 5.73 Å². The molecule has 0 fully saturated rings. The van der Waals surface area contributed by atoms with E-state index in [-0.39, 0.29) is 6.61 Å². The molecule has 2 heterocycles. The van der Waals surface area contributed by atoms with Gasteiger partial charge in [0.15, 0.2) is 24.5 Å². The Kier molecular flexibility index (Phi) is 4.33. The average molecular weight is 308 g/mol. The number of hydrogen-bond donors (Lipinski definition) is 1. The van der Waals surface area contributed by atoms with Gasteiger partial charge in [0, 0.05) is 5.56 Å². The number of nitrogens with zero attached hydrogens (tertiary/aromatic N) is 3. The first-order valence-electron chi connectivity index (χ1n) is 7.11. The van der Waals surface area contributed by atoms with Crippen LogP contribution in [0.4, 0.5) is 5.82 Å². The van der Waals surface area contributed by atoms with Gasteiger partial charge >= 0.3 is 0 Å². The van der Waals surface area contributed by atoms with Gasteiger partial charge in [-0.3, -0.25) is 0 Å². The SMILES string of the molecule is Cc1ncoc1/C(=N\OCc1cccc(N)n1)c1ccccc1. The molecule has 0 saturated heterocycles. The van der Waals surface area contributed by atoms with Crippen LogP contribution in [0.1, 0.15) is 22.7 Å². The Morgan fingerprint density at radius 3 is 2.70 bits per heavy atom. The molecular formula is C17H16N4O2. The highest BCUT2D eigenvalue weighted by atomic mass is 16.6. The number of nitrogens with two attached hydrogens (primary N) is 1. The van der Waals surface area contributed by atoms with Crippen molar-refractivity contribution in [3.8, 4) is 0 Å². The lowest BCUT2D eigenvalue weighted by Crippen LogP contribution is -2.05. The number of oxime groups is 1. The van der Waals surface area contributed by atoms with E-state index in [0.29, 0.717) is 23.0 Å². The normalized spacial score (nSPS) is 11.4. The molecule has 0 aliphatic rings. The summed E-state index contributed by atoms with van der Waals surface area (Å²) < 4.78 is 5.45. The Hall–Kier alpha value is -3.15. The summed E-state index contributed by atoms with van der Waals surface area (Å²) in [5, 5.41) is 4.22. The van der Waals surface area contributed by atoms with Crippen LogP contribution >= 0.6 is 0 Å². The number of aryl methyl sites for hydroxylation is 1. The maximum Gasteiger partial charge on any atom is 0.181 e. The lowest BCUT2D eigenvalue weighted by atomic mass is 10.1. The quantitative estimate of drug-likeness (QED) is 0.578. The molecule has 0 spiro atoms. The van der Waals surface area contributed by atoms with E-state index < -0.39 is 0 Å². The van der Waals surface area contributed by atoms with Gasteiger partial charge in [0.25, 0.3) is 0 Å². The van der Waals surface area contributed by atoms with Gasteiger partial charge in [-0.15, -0.1) is 0 Å². The topological polar surface area (TPSA) is 86.5 Å². The third-order valence-corrected chi connectivity index (χ3v) is 3.20. The first kappa shape index (κ1) is 14.8. The van der Waals surface area contributed by atoms with Crippen molar-refractivity contribution in [2.75, 3.05) is 5.73 Å². The molecule has 3 rings (SSSR count). The van der Waals surface area contributed by atoms with Crippen molar-refractivity contribution in [1.82, 2.24) is 9.97 Å². The lowest BCUT2D eigenvalue weighted by molar-refractivity contribution is 0.128. The van der Waals surface area contributed by atoms with Gasteiger partial charge in [-0.1, -0.05) is 41.6 Å². The predicted octanol–water partition coefficient (Wildman–Crippen LogP) is 2.93. The molecule has 1 aromatic carbocycles. The number of nitrogen functional groups attached to an aromatic ring is 1. The second-order valence-electron chi connectivity index (χ2n) is 4.90. The monoisotopic (exact) mass is 308 g/mol. The van der Waals surface area contributed by atoms with Gasteiger partial charge in [-0.05, 0) is 19.1 Å². The smallest absolute Gasteiger partial charge is 0.181 e. The molecule has 0 amide bonds. The van der Waals surface area contributed by atoms with Crippen LogP contribution in [-0.4, -0.2) is 15.7 Å². The van der Waals surface area contributed by atoms with Crippen LogP contribution in [0.25, 0.3) is 0 Å². The first-order chi connectivity index (χ1) is 11.2. The number of anilines is 1. The minimum Gasteiger partial charge on any atom is -0.441 e. The van der Waals surface area contributed by atoms with Gasteiger partial charge in [-0.25, -0.2) is 9.97 Å². The third-order valence-electron chi connectivity index (χ3n) is 3.20. The van der Waals surface area contributed by atoms with E-state index in [1.165, 1.54) is 6.39 Å². The number of pyridine rings is 1. The second kappa shape index (κ2) is 6.74. The third kappa shape index (κ3) is 3.55. The average Bonchev–Trinajstić information content (AvgIpc) is 2.98. The van der Waals surface area contributed by atoms with Crippen molar-refractivity contribution in [3.63, 3.8) is 0 Å². The fourth-order valence-corrected chi connectivity index (χ4v) is 2.09. The molecule has 0 unspecified atom stereocenters. The van der Waals surface area contributed by atoms with E-state index >= 15 is 0 Å². The Morgan fingerprint density at radius 2 is 2.00 bits per heavy atom. The Balaban J connectivity index is 1.85. The second-order valence-corrected chi connectivity index (χ2v) is 4.90. The Morgan fingerprint density at radius 1 is 1.17 bits per heavy atom. The van der Waals surface area contributed by atoms with Gasteiger partial charge in [0.05, 0.1) is 11.4 Å². The summed E-state index contributed by atoms with van der Waals surface area (Å²) in [7, 11) is 0. The molecule has 3 aromatic rings. The molecule has 0 bridgehead atoms. The van der Waals surface area contributed by atoms with Gasteiger partial charge < -0.3 is 15.0 Å². The number of oxazole rings is 1. The zero-order chi connectivity index (χ0) is 16.1. The summed E-state index contributed by atoms with van der Waals surface area (Å²) in [4.78, 5) is 13.7. The van der Waals surface area contributed by atoms with E-state index in [9.17, 15) is 0 Å². The van der Waals surface area contributed by atoms with E-state index in [4.69, 9.17) is 15.0 Å². The van der Waals surface area contributed by atoms with E-state index in [2.05, 4.69) is 15.1 Å². The molecular weight excluding hydrogens is 292 g/mol. The van der Waals surface area contributed by atoms with Crippen molar-refractivity contribution in [2.45, 2.75) is 13.5 Å². The van der Waals surface area contributed by atoms with Crippen LogP contribution in [0, 0.1) is 6.92 Å². The van der Waals surface area contributed by atoms with Crippen molar-refractivity contribution in [2.24, 2.45) is 5.16 Å².